The van der Waals surface area contributed by atoms with E-state index in [9.17, 15) is 14.4 Å². The van der Waals surface area contributed by atoms with Crippen molar-refractivity contribution < 1.29 is 33.7 Å². The first-order valence-corrected chi connectivity index (χ1v) is 11.3. The third-order valence-corrected chi connectivity index (χ3v) is 5.21. The number of nitrogens with two attached hydrogens (primary N) is 1. The predicted octanol–water partition coefficient (Wildman–Crippen LogP) is 3.97. The topological polar surface area (TPSA) is 162 Å². The Labute approximate surface area is 213 Å². The summed E-state index contributed by atoms with van der Waals surface area (Å²) < 4.78 is 15.1. The van der Waals surface area contributed by atoms with Gasteiger partial charge in [0, 0.05) is 29.7 Å². The molecule has 0 aliphatic heterocycles. The highest BCUT2D eigenvalue weighted by molar-refractivity contribution is 5.87. The summed E-state index contributed by atoms with van der Waals surface area (Å²) in [7, 11) is 1.26. The third kappa shape index (κ3) is 8.51. The van der Waals surface area contributed by atoms with E-state index in [1.54, 1.807) is 36.5 Å². The molecule has 0 aliphatic carbocycles. The maximum absolute atomic E-state index is 12.5. The standard InChI is InChI=1S/C26H28N4O7/c1-35-25(33)29-19-7-8-20(21(27)14-19)18-9-11-28-23(13-18)22(10-12-36-16-24(31)32)30-26(34)37-15-17-5-3-2-4-6-17/h2-9,11,13-14,22H,10,12,15-16,27H2,1H3,(H,29,33)(H,30,34)(H,31,32). The molecule has 5 N–H and O–H groups in total. The van der Waals surface area contributed by atoms with Crippen LogP contribution in [0.3, 0.4) is 0 Å². The Bertz CT molecular complexity index is 1220. The Morgan fingerprint density at radius 2 is 1.84 bits per heavy atom. The molecular weight excluding hydrogens is 480 g/mol. The fraction of sp³-hybridized carbons (Fsp3) is 0.231. The monoisotopic (exact) mass is 508 g/mol. The molecule has 194 valence electrons. The number of carbonyl (C=O) groups excluding carboxylic acids is 2. The minimum atomic E-state index is -1.09. The van der Waals surface area contributed by atoms with Gasteiger partial charge in [0.15, 0.2) is 0 Å². The van der Waals surface area contributed by atoms with Gasteiger partial charge in [-0.2, -0.15) is 0 Å². The molecule has 0 aliphatic rings. The van der Waals surface area contributed by atoms with Crippen molar-refractivity contribution in [3.05, 3.63) is 78.1 Å². The van der Waals surface area contributed by atoms with E-state index in [1.807, 2.05) is 30.3 Å². The number of hydrogen-bond donors (Lipinski definition) is 4. The first-order valence-electron chi connectivity index (χ1n) is 11.3. The first-order chi connectivity index (χ1) is 17.9. The summed E-state index contributed by atoms with van der Waals surface area (Å²) in [6, 6.07) is 17.2. The highest BCUT2D eigenvalue weighted by Crippen LogP contribution is 2.30. The van der Waals surface area contributed by atoms with E-state index in [2.05, 4.69) is 20.4 Å². The lowest BCUT2D eigenvalue weighted by Gasteiger charge is -2.19. The third-order valence-electron chi connectivity index (χ3n) is 5.21. The zero-order valence-corrected chi connectivity index (χ0v) is 20.2. The fourth-order valence-corrected chi connectivity index (χ4v) is 3.44. The molecule has 1 heterocycles. The number of carboxylic acids is 1. The summed E-state index contributed by atoms with van der Waals surface area (Å²) in [4.78, 5) is 39.2. The number of benzene rings is 2. The number of nitrogens with one attached hydrogen (secondary N) is 2. The van der Waals surface area contributed by atoms with E-state index in [0.29, 0.717) is 22.6 Å². The van der Waals surface area contributed by atoms with Crippen LogP contribution in [0.25, 0.3) is 11.1 Å². The summed E-state index contributed by atoms with van der Waals surface area (Å²) in [6.07, 6.45) is 0.558. The minimum absolute atomic E-state index is 0.0673. The van der Waals surface area contributed by atoms with Gasteiger partial charge in [0.05, 0.1) is 18.8 Å². The summed E-state index contributed by atoms with van der Waals surface area (Å²) in [5.41, 5.74) is 9.85. The molecule has 0 bridgehead atoms. The number of aromatic nitrogens is 1. The number of carbonyl (C=O) groups is 3. The largest absolute Gasteiger partial charge is 0.480 e. The molecule has 3 aromatic rings. The highest BCUT2D eigenvalue weighted by Gasteiger charge is 2.19. The lowest BCUT2D eigenvalue weighted by atomic mass is 10.0. The lowest BCUT2D eigenvalue weighted by Crippen LogP contribution is -2.30. The minimum Gasteiger partial charge on any atom is -0.480 e. The van der Waals surface area contributed by atoms with Crippen LogP contribution < -0.4 is 16.4 Å². The van der Waals surface area contributed by atoms with Crippen LogP contribution in [0.2, 0.25) is 0 Å². The molecule has 2 aromatic carbocycles. The number of rotatable bonds is 11. The van der Waals surface area contributed by atoms with Crippen molar-refractivity contribution in [2.45, 2.75) is 19.1 Å². The highest BCUT2D eigenvalue weighted by atomic mass is 16.5. The number of amides is 2. The number of pyridine rings is 1. The van der Waals surface area contributed by atoms with Crippen molar-refractivity contribution in [3.8, 4) is 11.1 Å². The average molecular weight is 509 g/mol. The zero-order valence-electron chi connectivity index (χ0n) is 20.2. The van der Waals surface area contributed by atoms with Crippen molar-refractivity contribution in [2.24, 2.45) is 0 Å². The van der Waals surface area contributed by atoms with Gasteiger partial charge in [-0.1, -0.05) is 36.4 Å². The number of ether oxygens (including phenoxy) is 3. The van der Waals surface area contributed by atoms with Crippen molar-refractivity contribution in [1.82, 2.24) is 10.3 Å². The van der Waals surface area contributed by atoms with Crippen molar-refractivity contribution in [3.63, 3.8) is 0 Å². The van der Waals surface area contributed by atoms with E-state index in [-0.39, 0.29) is 19.6 Å². The maximum Gasteiger partial charge on any atom is 0.411 e. The van der Waals surface area contributed by atoms with Crippen LogP contribution in [0, 0.1) is 0 Å². The molecule has 0 spiro atoms. The number of nitrogen functional groups attached to an aromatic ring is 1. The van der Waals surface area contributed by atoms with E-state index < -0.39 is 30.8 Å². The Balaban J connectivity index is 1.76. The molecule has 11 nitrogen and oxygen atoms in total. The van der Waals surface area contributed by atoms with Gasteiger partial charge in [0.25, 0.3) is 0 Å². The SMILES string of the molecule is COC(=O)Nc1ccc(-c2ccnc(C(CCOCC(=O)O)NC(=O)OCc3ccccc3)c2)c(N)c1. The Morgan fingerprint density at radius 3 is 2.54 bits per heavy atom. The van der Waals surface area contributed by atoms with Gasteiger partial charge in [0.1, 0.15) is 13.2 Å². The fourth-order valence-electron chi connectivity index (χ4n) is 3.44. The molecule has 0 saturated heterocycles. The van der Waals surface area contributed by atoms with Gasteiger partial charge in [-0.25, -0.2) is 14.4 Å². The number of carboxylic acid groups (broad SMARTS) is 1. The summed E-state index contributed by atoms with van der Waals surface area (Å²) in [5.74, 6) is -1.09. The van der Waals surface area contributed by atoms with Crippen molar-refractivity contribution in [1.29, 1.82) is 0 Å². The predicted molar refractivity (Wildman–Crippen MR) is 136 cm³/mol. The van der Waals surface area contributed by atoms with Crippen LogP contribution in [-0.2, 0) is 25.6 Å². The van der Waals surface area contributed by atoms with Gasteiger partial charge < -0.3 is 30.4 Å². The first kappa shape index (κ1) is 27.0. The van der Waals surface area contributed by atoms with Crippen LogP contribution in [0.4, 0.5) is 21.0 Å². The van der Waals surface area contributed by atoms with Gasteiger partial charge in [-0.3, -0.25) is 10.3 Å². The molecule has 0 radical (unpaired) electrons. The summed E-state index contributed by atoms with van der Waals surface area (Å²) in [6.45, 7) is -0.302. The summed E-state index contributed by atoms with van der Waals surface area (Å²) >= 11 is 0. The molecule has 11 heteroatoms. The van der Waals surface area contributed by atoms with Crippen molar-refractivity contribution in [2.75, 3.05) is 31.4 Å². The Hall–Kier alpha value is -4.64. The molecular formula is C26H28N4O7. The molecule has 37 heavy (non-hydrogen) atoms. The van der Waals surface area contributed by atoms with E-state index in [4.69, 9.17) is 20.3 Å². The number of aliphatic carboxylic acids is 1. The van der Waals surface area contributed by atoms with Gasteiger partial charge in [-0.05, 0) is 41.8 Å². The summed E-state index contributed by atoms with van der Waals surface area (Å²) in [5, 5.41) is 14.2. The Morgan fingerprint density at radius 1 is 1.05 bits per heavy atom. The average Bonchev–Trinajstić information content (AvgIpc) is 2.89. The number of hydrogen-bond acceptors (Lipinski definition) is 8. The molecule has 0 fully saturated rings. The molecule has 3 rings (SSSR count). The van der Waals surface area contributed by atoms with Crippen LogP contribution in [0.5, 0.6) is 0 Å². The molecule has 1 unspecified atom stereocenters. The second kappa shape index (κ2) is 13.4. The number of anilines is 2. The van der Waals surface area contributed by atoms with Crippen LogP contribution >= 0.6 is 0 Å². The lowest BCUT2D eigenvalue weighted by molar-refractivity contribution is -0.142. The zero-order chi connectivity index (χ0) is 26.6. The molecule has 1 aromatic heterocycles. The molecule has 1 atom stereocenters. The van der Waals surface area contributed by atoms with E-state index >= 15 is 0 Å². The smallest absolute Gasteiger partial charge is 0.411 e. The quantitative estimate of drug-likeness (QED) is 0.222. The van der Waals surface area contributed by atoms with Gasteiger partial charge in [0.2, 0.25) is 0 Å². The van der Waals surface area contributed by atoms with E-state index in [1.165, 1.54) is 7.11 Å². The number of alkyl carbamates (subject to hydrolysis) is 1. The maximum atomic E-state index is 12.5. The van der Waals surface area contributed by atoms with Gasteiger partial charge in [-0.15, -0.1) is 0 Å². The second-order valence-corrected chi connectivity index (χ2v) is 7.88. The van der Waals surface area contributed by atoms with E-state index in [0.717, 1.165) is 11.1 Å². The van der Waals surface area contributed by atoms with Crippen LogP contribution in [-0.4, -0.2) is 48.6 Å². The molecule has 2 amide bonds. The van der Waals surface area contributed by atoms with Gasteiger partial charge >= 0.3 is 18.2 Å². The second-order valence-electron chi connectivity index (χ2n) is 7.88. The Kier molecular flexibility index (Phi) is 9.80. The normalized spacial score (nSPS) is 11.3. The number of nitrogens with zero attached hydrogens (tertiary/aromatic N) is 1. The number of methoxy groups -OCH3 is 1. The van der Waals surface area contributed by atoms with Crippen molar-refractivity contribution >= 4 is 29.5 Å². The molecule has 0 saturated carbocycles. The van der Waals surface area contributed by atoms with Crippen LogP contribution in [0.1, 0.15) is 23.7 Å². The van der Waals surface area contributed by atoms with Crippen LogP contribution in [0.15, 0.2) is 66.9 Å².